The van der Waals surface area contributed by atoms with Crippen LogP contribution in [0.4, 0.5) is 13.6 Å². The number of urea groups is 1. The van der Waals surface area contributed by atoms with Gasteiger partial charge in [-0.15, -0.1) is 0 Å². The van der Waals surface area contributed by atoms with Crippen LogP contribution in [0.5, 0.6) is 0 Å². The summed E-state index contributed by atoms with van der Waals surface area (Å²) in [6.45, 7) is 1.02. The van der Waals surface area contributed by atoms with Gasteiger partial charge in [0.1, 0.15) is 11.6 Å². The zero-order chi connectivity index (χ0) is 20.8. The van der Waals surface area contributed by atoms with Crippen molar-refractivity contribution in [3.8, 4) is 0 Å². The minimum absolute atomic E-state index is 0.0628. The van der Waals surface area contributed by atoms with Crippen LogP contribution in [0.25, 0.3) is 0 Å². The summed E-state index contributed by atoms with van der Waals surface area (Å²) in [4.78, 5) is 38.4. The molecule has 1 saturated carbocycles. The lowest BCUT2D eigenvalue weighted by molar-refractivity contribution is -0.121. The number of likely N-dealkylation sites (tertiary alicyclic amines) is 1. The Balaban J connectivity index is 1.42. The SMILES string of the molecule is O=C(CN1CCC(C(=O)c2cc(F)ccc2F)CC1)NC(=O)NC1CCCCC1. The van der Waals surface area contributed by atoms with Gasteiger partial charge in [0.15, 0.2) is 5.78 Å². The first-order valence-electron chi connectivity index (χ1n) is 10.2. The van der Waals surface area contributed by atoms with Crippen LogP contribution in [0.1, 0.15) is 55.3 Å². The van der Waals surface area contributed by atoms with Crippen molar-refractivity contribution in [3.05, 3.63) is 35.4 Å². The second-order valence-electron chi connectivity index (χ2n) is 7.90. The molecule has 0 unspecified atom stereocenters. The van der Waals surface area contributed by atoms with Crippen molar-refractivity contribution in [2.45, 2.75) is 51.0 Å². The zero-order valence-corrected chi connectivity index (χ0v) is 16.4. The van der Waals surface area contributed by atoms with Gasteiger partial charge < -0.3 is 5.32 Å². The maximum Gasteiger partial charge on any atom is 0.321 e. The number of rotatable bonds is 5. The number of carbonyl (C=O) groups excluding carboxylic acids is 3. The molecule has 29 heavy (non-hydrogen) atoms. The van der Waals surface area contributed by atoms with Crippen LogP contribution in [0, 0.1) is 17.6 Å². The minimum atomic E-state index is -0.720. The third kappa shape index (κ3) is 6.06. The van der Waals surface area contributed by atoms with Crippen LogP contribution in [0.15, 0.2) is 18.2 Å². The van der Waals surface area contributed by atoms with Crippen molar-refractivity contribution >= 4 is 17.7 Å². The number of amides is 3. The van der Waals surface area contributed by atoms with Crippen molar-refractivity contribution < 1.29 is 23.2 Å². The molecule has 3 amide bonds. The number of imide groups is 1. The average molecular weight is 407 g/mol. The monoisotopic (exact) mass is 407 g/mol. The lowest BCUT2D eigenvalue weighted by atomic mass is 9.88. The summed E-state index contributed by atoms with van der Waals surface area (Å²) in [6.07, 6.45) is 6.15. The van der Waals surface area contributed by atoms with Crippen molar-refractivity contribution in [2.24, 2.45) is 5.92 Å². The first-order valence-corrected chi connectivity index (χ1v) is 10.2. The van der Waals surface area contributed by atoms with Gasteiger partial charge in [-0.25, -0.2) is 13.6 Å². The molecule has 0 aromatic heterocycles. The smallest absolute Gasteiger partial charge is 0.321 e. The molecular weight excluding hydrogens is 380 g/mol. The predicted molar refractivity (Wildman–Crippen MR) is 103 cm³/mol. The van der Waals surface area contributed by atoms with Crippen molar-refractivity contribution in [2.75, 3.05) is 19.6 Å². The average Bonchev–Trinajstić information content (AvgIpc) is 2.70. The van der Waals surface area contributed by atoms with Crippen LogP contribution in [0.3, 0.4) is 0 Å². The van der Waals surface area contributed by atoms with E-state index in [0.29, 0.717) is 25.9 Å². The fourth-order valence-electron chi connectivity index (χ4n) is 4.10. The minimum Gasteiger partial charge on any atom is -0.335 e. The van der Waals surface area contributed by atoms with Gasteiger partial charge in [0.05, 0.1) is 12.1 Å². The fourth-order valence-corrected chi connectivity index (χ4v) is 4.10. The van der Waals surface area contributed by atoms with Crippen LogP contribution < -0.4 is 10.6 Å². The summed E-state index contributed by atoms with van der Waals surface area (Å²) in [5, 5.41) is 5.20. The highest BCUT2D eigenvalue weighted by Gasteiger charge is 2.28. The second kappa shape index (κ2) is 9.91. The Kier molecular flexibility index (Phi) is 7.30. The molecule has 158 valence electrons. The molecule has 0 bridgehead atoms. The molecule has 1 heterocycles. The number of ketones is 1. The van der Waals surface area contributed by atoms with Crippen LogP contribution in [-0.2, 0) is 4.79 Å². The number of nitrogens with zero attached hydrogens (tertiary/aromatic N) is 1. The van der Waals surface area contributed by atoms with Crippen LogP contribution in [-0.4, -0.2) is 48.3 Å². The fraction of sp³-hybridized carbons (Fsp3) is 0.571. The van der Waals surface area contributed by atoms with Crippen LogP contribution in [0.2, 0.25) is 0 Å². The van der Waals surface area contributed by atoms with E-state index < -0.39 is 29.4 Å². The van der Waals surface area contributed by atoms with E-state index in [2.05, 4.69) is 10.6 Å². The zero-order valence-electron chi connectivity index (χ0n) is 16.4. The molecule has 1 aliphatic heterocycles. The molecule has 2 N–H and O–H groups in total. The molecule has 8 heteroatoms. The number of benzene rings is 1. The van der Waals surface area contributed by atoms with E-state index in [4.69, 9.17) is 0 Å². The largest absolute Gasteiger partial charge is 0.335 e. The molecule has 1 aliphatic carbocycles. The highest BCUT2D eigenvalue weighted by molar-refractivity contribution is 5.98. The van der Waals surface area contributed by atoms with E-state index in [0.717, 1.165) is 43.9 Å². The third-order valence-electron chi connectivity index (χ3n) is 5.71. The number of piperidine rings is 1. The van der Waals surface area contributed by atoms with Crippen LogP contribution >= 0.6 is 0 Å². The van der Waals surface area contributed by atoms with E-state index in [1.165, 1.54) is 6.42 Å². The number of carbonyl (C=O) groups is 3. The Morgan fingerprint density at radius 3 is 2.38 bits per heavy atom. The molecule has 1 aromatic carbocycles. The lowest BCUT2D eigenvalue weighted by Crippen LogP contribution is -2.49. The molecule has 1 saturated heterocycles. The lowest BCUT2D eigenvalue weighted by Gasteiger charge is -2.30. The maximum absolute atomic E-state index is 13.8. The molecule has 0 spiro atoms. The number of hydrogen-bond acceptors (Lipinski definition) is 4. The number of Topliss-reactive ketones (excluding diaryl/α,β-unsaturated/α-hetero) is 1. The highest BCUT2D eigenvalue weighted by atomic mass is 19.1. The molecule has 2 fully saturated rings. The van der Waals surface area contributed by atoms with Gasteiger partial charge in [-0.05, 0) is 57.0 Å². The third-order valence-corrected chi connectivity index (χ3v) is 5.71. The standard InChI is InChI=1S/C21H27F2N3O3/c22-15-6-7-18(23)17(12-15)20(28)14-8-10-26(11-9-14)13-19(27)25-21(29)24-16-4-2-1-3-5-16/h6-7,12,14,16H,1-5,8-11,13H2,(H2,24,25,27,29). The van der Waals surface area contributed by atoms with E-state index in [1.807, 2.05) is 4.90 Å². The quantitative estimate of drug-likeness (QED) is 0.736. The Morgan fingerprint density at radius 2 is 1.69 bits per heavy atom. The molecule has 3 rings (SSSR count). The summed E-state index contributed by atoms with van der Waals surface area (Å²) in [5.74, 6) is -2.56. The van der Waals surface area contributed by atoms with E-state index in [9.17, 15) is 23.2 Å². The van der Waals surface area contributed by atoms with Gasteiger partial charge >= 0.3 is 6.03 Å². The number of nitrogens with one attached hydrogen (secondary N) is 2. The van der Waals surface area contributed by atoms with Crippen molar-refractivity contribution in [1.82, 2.24) is 15.5 Å². The number of halogens is 2. The Bertz CT molecular complexity index is 758. The van der Waals surface area contributed by atoms with Gasteiger partial charge in [-0.3, -0.25) is 19.8 Å². The predicted octanol–water partition coefficient (Wildman–Crippen LogP) is 3.02. The summed E-state index contributed by atoms with van der Waals surface area (Å²) in [5.41, 5.74) is -0.222. The summed E-state index contributed by atoms with van der Waals surface area (Å²) in [6, 6.07) is 2.54. The summed E-state index contributed by atoms with van der Waals surface area (Å²) >= 11 is 0. The molecular formula is C21H27F2N3O3. The topological polar surface area (TPSA) is 78.5 Å². The second-order valence-corrected chi connectivity index (χ2v) is 7.90. The van der Waals surface area contributed by atoms with E-state index >= 15 is 0 Å². The molecule has 0 atom stereocenters. The molecule has 1 aromatic rings. The summed E-state index contributed by atoms with van der Waals surface area (Å²) < 4.78 is 27.2. The normalized spacial score (nSPS) is 19.0. The van der Waals surface area contributed by atoms with Crippen molar-refractivity contribution in [3.63, 3.8) is 0 Å². The molecule has 0 radical (unpaired) electrons. The highest BCUT2D eigenvalue weighted by Crippen LogP contribution is 2.23. The van der Waals surface area contributed by atoms with E-state index in [1.54, 1.807) is 0 Å². The van der Waals surface area contributed by atoms with Gasteiger partial charge in [-0.1, -0.05) is 19.3 Å². The molecule has 2 aliphatic rings. The number of hydrogen-bond donors (Lipinski definition) is 2. The Morgan fingerprint density at radius 1 is 1.00 bits per heavy atom. The Hall–Kier alpha value is -2.35. The van der Waals surface area contributed by atoms with Crippen molar-refractivity contribution in [1.29, 1.82) is 0 Å². The van der Waals surface area contributed by atoms with Gasteiger partial charge in [-0.2, -0.15) is 0 Å². The maximum atomic E-state index is 13.8. The summed E-state index contributed by atoms with van der Waals surface area (Å²) in [7, 11) is 0. The first-order chi connectivity index (χ1) is 13.9. The van der Waals surface area contributed by atoms with Gasteiger partial charge in [0.25, 0.3) is 0 Å². The Labute approximate surface area is 169 Å². The first kappa shape index (κ1) is 21.4. The van der Waals surface area contributed by atoms with E-state index in [-0.39, 0.29) is 24.1 Å². The molecule has 6 nitrogen and oxygen atoms in total. The van der Waals surface area contributed by atoms with Gasteiger partial charge in [0, 0.05) is 12.0 Å². The van der Waals surface area contributed by atoms with Gasteiger partial charge in [0.2, 0.25) is 5.91 Å².